The number of carbonyl (C=O) groups excluding carboxylic acids is 1. The van der Waals surface area contributed by atoms with Crippen LogP contribution in [0.25, 0.3) is 0 Å². The van der Waals surface area contributed by atoms with Crippen molar-refractivity contribution in [1.82, 2.24) is 0 Å². The van der Waals surface area contributed by atoms with Gasteiger partial charge >= 0.3 is 5.97 Å². The number of hydrogen-bond acceptors (Lipinski definition) is 2. The molecule has 0 saturated heterocycles. The van der Waals surface area contributed by atoms with Gasteiger partial charge in [0.1, 0.15) is 7.85 Å². The minimum atomic E-state index is -0.234. The molecule has 0 atom stereocenters. The molecule has 0 aliphatic heterocycles. The van der Waals surface area contributed by atoms with E-state index < -0.39 is 0 Å². The molecule has 0 unspecified atom stereocenters. The fourth-order valence-electron chi connectivity index (χ4n) is 1.33. The van der Waals surface area contributed by atoms with Gasteiger partial charge in [-0.1, -0.05) is 29.6 Å². The highest BCUT2D eigenvalue weighted by molar-refractivity contribution is 6.30. The van der Waals surface area contributed by atoms with Gasteiger partial charge in [-0.15, -0.1) is 0 Å². The number of benzene rings is 1. The van der Waals surface area contributed by atoms with Crippen LogP contribution in [-0.2, 0) is 22.3 Å². The van der Waals surface area contributed by atoms with Crippen molar-refractivity contribution in [2.24, 2.45) is 0 Å². The molecule has 1 rings (SSSR count). The zero-order valence-corrected chi connectivity index (χ0v) is 9.10. The molecule has 0 saturated carbocycles. The first-order chi connectivity index (χ1) is 6.67. The Hall–Kier alpha value is -0.955. The fourth-order valence-corrected chi connectivity index (χ4v) is 1.53. The number of hydrogen-bond donors (Lipinski definition) is 0. The van der Waals surface area contributed by atoms with Gasteiger partial charge in [-0.3, -0.25) is 4.79 Å². The smallest absolute Gasteiger partial charge is 0.309 e. The van der Waals surface area contributed by atoms with Crippen LogP contribution in [0.1, 0.15) is 11.1 Å². The third-order valence-corrected chi connectivity index (χ3v) is 2.35. The van der Waals surface area contributed by atoms with Crippen LogP contribution in [0, 0.1) is 0 Å². The molecular formula is C10H12BClO2. The van der Waals surface area contributed by atoms with Crippen LogP contribution < -0.4 is 0 Å². The van der Waals surface area contributed by atoms with Crippen molar-refractivity contribution in [1.29, 1.82) is 0 Å². The zero-order valence-electron chi connectivity index (χ0n) is 8.34. The summed E-state index contributed by atoms with van der Waals surface area (Å²) in [4.78, 5) is 11.1. The number of ether oxygens (including phenoxy) is 1. The Labute approximate surface area is 89.6 Å². The number of halogens is 1. The van der Waals surface area contributed by atoms with E-state index in [4.69, 9.17) is 11.6 Å². The number of methoxy groups -OCH3 is 1. The molecule has 0 aliphatic carbocycles. The molecule has 4 heteroatoms. The maximum atomic E-state index is 11.1. The molecule has 0 bridgehead atoms. The van der Waals surface area contributed by atoms with Crippen LogP contribution in [0.3, 0.4) is 0 Å². The van der Waals surface area contributed by atoms with Gasteiger partial charge in [0.05, 0.1) is 13.5 Å². The molecular weight excluding hydrogens is 198 g/mol. The van der Waals surface area contributed by atoms with Crippen molar-refractivity contribution in [2.75, 3.05) is 7.11 Å². The second-order valence-corrected chi connectivity index (χ2v) is 3.46. The molecule has 74 valence electrons. The van der Waals surface area contributed by atoms with Gasteiger partial charge in [0.25, 0.3) is 0 Å². The summed E-state index contributed by atoms with van der Waals surface area (Å²) in [6, 6.07) is 5.60. The van der Waals surface area contributed by atoms with E-state index >= 15 is 0 Å². The topological polar surface area (TPSA) is 26.3 Å². The van der Waals surface area contributed by atoms with Crippen molar-refractivity contribution in [3.8, 4) is 0 Å². The first kappa shape index (κ1) is 11.1. The second-order valence-electron chi connectivity index (χ2n) is 3.02. The van der Waals surface area contributed by atoms with E-state index in [1.807, 2.05) is 26.0 Å². The largest absolute Gasteiger partial charge is 0.469 e. The lowest BCUT2D eigenvalue weighted by atomic mass is 9.92. The summed E-state index contributed by atoms with van der Waals surface area (Å²) in [6.07, 6.45) is 1.18. The van der Waals surface area contributed by atoms with Crippen molar-refractivity contribution >= 4 is 25.4 Å². The normalized spacial score (nSPS) is 9.86. The summed E-state index contributed by atoms with van der Waals surface area (Å²) >= 11 is 5.85. The third-order valence-electron chi connectivity index (χ3n) is 2.11. The van der Waals surface area contributed by atoms with Gasteiger partial charge in [-0.25, -0.2) is 0 Å². The summed E-state index contributed by atoms with van der Waals surface area (Å²) in [5.41, 5.74) is 2.09. The predicted molar refractivity (Wildman–Crippen MR) is 59.4 cm³/mol. The molecule has 1 aromatic rings. The van der Waals surface area contributed by atoms with E-state index in [0.29, 0.717) is 11.4 Å². The zero-order chi connectivity index (χ0) is 10.6. The predicted octanol–water partition coefficient (Wildman–Crippen LogP) is 1.19. The van der Waals surface area contributed by atoms with Gasteiger partial charge in [0, 0.05) is 5.02 Å². The van der Waals surface area contributed by atoms with Crippen LogP contribution in [-0.4, -0.2) is 20.9 Å². The van der Waals surface area contributed by atoms with Crippen molar-refractivity contribution < 1.29 is 9.53 Å². The SMILES string of the molecule is BCc1ccc(Cl)cc1CC(=O)OC. The van der Waals surface area contributed by atoms with E-state index in [1.54, 1.807) is 0 Å². The average Bonchev–Trinajstić information content (AvgIpc) is 2.18. The average molecular weight is 210 g/mol. The lowest BCUT2D eigenvalue weighted by molar-refractivity contribution is -0.139. The Kier molecular flexibility index (Phi) is 4.02. The Morgan fingerprint density at radius 1 is 1.50 bits per heavy atom. The highest BCUT2D eigenvalue weighted by Gasteiger charge is 2.07. The van der Waals surface area contributed by atoms with Gasteiger partial charge < -0.3 is 4.74 Å². The Morgan fingerprint density at radius 3 is 2.79 bits per heavy atom. The van der Waals surface area contributed by atoms with Gasteiger partial charge in [-0.05, 0) is 17.7 Å². The summed E-state index contributed by atoms with van der Waals surface area (Å²) in [5.74, 6) is -0.234. The number of esters is 1. The van der Waals surface area contributed by atoms with Crippen molar-refractivity contribution in [3.05, 3.63) is 34.3 Å². The molecule has 1 aromatic carbocycles. The first-order valence-electron chi connectivity index (χ1n) is 4.51. The van der Waals surface area contributed by atoms with Gasteiger partial charge in [0.15, 0.2) is 0 Å². The molecule has 0 N–H and O–H groups in total. The van der Waals surface area contributed by atoms with Crippen LogP contribution >= 0.6 is 11.6 Å². The minimum absolute atomic E-state index is 0.234. The number of rotatable bonds is 3. The fraction of sp³-hybridized carbons (Fsp3) is 0.300. The van der Waals surface area contributed by atoms with E-state index in [-0.39, 0.29) is 5.97 Å². The summed E-state index contributed by atoms with van der Waals surface area (Å²) in [7, 11) is 3.43. The summed E-state index contributed by atoms with van der Waals surface area (Å²) in [6.45, 7) is 0. The molecule has 2 nitrogen and oxygen atoms in total. The number of carbonyl (C=O) groups is 1. The molecule has 14 heavy (non-hydrogen) atoms. The van der Waals surface area contributed by atoms with E-state index in [1.165, 1.54) is 7.11 Å². The quantitative estimate of drug-likeness (QED) is 0.553. The van der Waals surface area contributed by atoms with Crippen LogP contribution in [0.4, 0.5) is 0 Å². The highest BCUT2D eigenvalue weighted by atomic mass is 35.5. The first-order valence-corrected chi connectivity index (χ1v) is 4.89. The monoisotopic (exact) mass is 210 g/mol. The molecule has 0 aromatic heterocycles. The lowest BCUT2D eigenvalue weighted by Gasteiger charge is -2.06. The van der Waals surface area contributed by atoms with Crippen LogP contribution in [0.2, 0.25) is 5.02 Å². The maximum absolute atomic E-state index is 11.1. The lowest BCUT2D eigenvalue weighted by Crippen LogP contribution is -2.07. The van der Waals surface area contributed by atoms with Gasteiger partial charge in [-0.2, -0.15) is 0 Å². The molecule has 0 radical (unpaired) electrons. The Morgan fingerprint density at radius 2 is 2.21 bits per heavy atom. The van der Waals surface area contributed by atoms with E-state index in [0.717, 1.165) is 17.4 Å². The highest BCUT2D eigenvalue weighted by Crippen LogP contribution is 2.17. The molecule has 0 fully saturated rings. The van der Waals surface area contributed by atoms with Crippen LogP contribution in [0.15, 0.2) is 18.2 Å². The van der Waals surface area contributed by atoms with E-state index in [9.17, 15) is 4.79 Å². The molecule has 0 amide bonds. The van der Waals surface area contributed by atoms with E-state index in [2.05, 4.69) is 4.74 Å². The molecule has 0 aliphatic rings. The van der Waals surface area contributed by atoms with Crippen LogP contribution in [0.5, 0.6) is 0 Å². The Bertz CT molecular complexity index is 339. The summed E-state index contributed by atoms with van der Waals surface area (Å²) < 4.78 is 4.61. The third kappa shape index (κ3) is 2.77. The molecule has 0 spiro atoms. The second kappa shape index (κ2) is 5.06. The van der Waals surface area contributed by atoms with Crippen molar-refractivity contribution in [3.63, 3.8) is 0 Å². The van der Waals surface area contributed by atoms with Gasteiger partial charge in [0.2, 0.25) is 0 Å². The summed E-state index contributed by atoms with van der Waals surface area (Å²) in [5, 5.41) is 0.654. The molecule has 0 heterocycles. The maximum Gasteiger partial charge on any atom is 0.309 e. The Balaban J connectivity index is 2.93. The minimum Gasteiger partial charge on any atom is -0.469 e. The standard InChI is InChI=1S/C10H12BClO2/c1-14-10(13)5-8-4-9(12)3-2-7(8)6-11/h2-4H,5-6,11H2,1H3. The van der Waals surface area contributed by atoms with Crippen molar-refractivity contribution in [2.45, 2.75) is 12.7 Å².